The van der Waals surface area contributed by atoms with Crippen molar-refractivity contribution in [1.82, 2.24) is 0 Å². The Morgan fingerprint density at radius 1 is 1.38 bits per heavy atom. The van der Waals surface area contributed by atoms with Crippen LogP contribution >= 0.6 is 0 Å². The first kappa shape index (κ1) is 12.8. The molecular weight excluding hydrogens is 219 g/mol. The van der Waals surface area contributed by atoms with E-state index < -0.39 is 17.8 Å². The molecular formula is C11H14F3NO. The van der Waals surface area contributed by atoms with Gasteiger partial charge in [-0.2, -0.15) is 13.2 Å². The zero-order valence-electron chi connectivity index (χ0n) is 9.14. The van der Waals surface area contributed by atoms with Gasteiger partial charge in [0.05, 0.1) is 12.7 Å². The third kappa shape index (κ3) is 2.66. The molecule has 5 heteroatoms. The van der Waals surface area contributed by atoms with Crippen LogP contribution < -0.4 is 10.5 Å². The monoisotopic (exact) mass is 233 g/mol. The number of benzene rings is 1. The minimum Gasteiger partial charge on any atom is -0.497 e. The Kier molecular flexibility index (Phi) is 3.80. The minimum absolute atomic E-state index is 0.107. The second kappa shape index (κ2) is 4.74. The quantitative estimate of drug-likeness (QED) is 0.870. The molecule has 1 aromatic carbocycles. The smallest absolute Gasteiger partial charge is 0.416 e. The second-order valence-electron chi connectivity index (χ2n) is 3.47. The standard InChI is InChI=1S/C11H14F3NO/c1-3-10(15)8-5-4-7(16-2)6-9(8)11(12,13)14/h4-6,10H,3,15H2,1-2H3/t10-/m0/s1. The Morgan fingerprint density at radius 3 is 2.44 bits per heavy atom. The highest BCUT2D eigenvalue weighted by atomic mass is 19.4. The van der Waals surface area contributed by atoms with Crippen molar-refractivity contribution in [3.05, 3.63) is 29.3 Å². The molecule has 16 heavy (non-hydrogen) atoms. The van der Waals surface area contributed by atoms with Gasteiger partial charge in [-0.25, -0.2) is 0 Å². The van der Waals surface area contributed by atoms with Crippen LogP contribution in [0.15, 0.2) is 18.2 Å². The molecule has 0 bridgehead atoms. The number of methoxy groups -OCH3 is 1. The number of hydrogen-bond acceptors (Lipinski definition) is 2. The van der Waals surface area contributed by atoms with E-state index in [2.05, 4.69) is 0 Å². The molecule has 0 aliphatic rings. The SMILES string of the molecule is CC[C@H](N)c1ccc(OC)cc1C(F)(F)F. The normalized spacial score (nSPS) is 13.6. The first-order valence-corrected chi connectivity index (χ1v) is 4.90. The summed E-state index contributed by atoms with van der Waals surface area (Å²) >= 11 is 0. The fourth-order valence-corrected chi connectivity index (χ4v) is 1.45. The molecule has 0 saturated heterocycles. The maximum atomic E-state index is 12.8. The lowest BCUT2D eigenvalue weighted by Crippen LogP contribution is -2.17. The predicted molar refractivity (Wildman–Crippen MR) is 55.2 cm³/mol. The Labute approximate surface area is 92.2 Å². The Morgan fingerprint density at radius 2 is 2.00 bits per heavy atom. The van der Waals surface area contributed by atoms with Crippen LogP contribution in [0.2, 0.25) is 0 Å². The number of rotatable bonds is 3. The van der Waals surface area contributed by atoms with E-state index in [0.717, 1.165) is 6.07 Å². The molecule has 1 aromatic rings. The van der Waals surface area contributed by atoms with Gasteiger partial charge in [-0.15, -0.1) is 0 Å². The number of alkyl halides is 3. The van der Waals surface area contributed by atoms with Gasteiger partial charge in [0.15, 0.2) is 0 Å². The molecule has 0 aliphatic heterocycles. The lowest BCUT2D eigenvalue weighted by molar-refractivity contribution is -0.138. The van der Waals surface area contributed by atoms with Crippen molar-refractivity contribution in [1.29, 1.82) is 0 Å². The highest BCUT2D eigenvalue weighted by Gasteiger charge is 2.34. The van der Waals surface area contributed by atoms with E-state index in [1.807, 2.05) is 0 Å². The first-order valence-electron chi connectivity index (χ1n) is 4.90. The summed E-state index contributed by atoms with van der Waals surface area (Å²) in [5.74, 6) is 0.180. The Balaban J connectivity index is 3.27. The number of halogens is 3. The molecule has 0 aliphatic carbocycles. The van der Waals surface area contributed by atoms with Crippen LogP contribution in [-0.4, -0.2) is 7.11 Å². The van der Waals surface area contributed by atoms with Crippen molar-refractivity contribution in [3.8, 4) is 5.75 Å². The van der Waals surface area contributed by atoms with Gasteiger partial charge in [-0.05, 0) is 24.1 Å². The summed E-state index contributed by atoms with van der Waals surface area (Å²) < 4.78 is 43.0. The molecule has 90 valence electrons. The van der Waals surface area contributed by atoms with E-state index in [0.29, 0.717) is 6.42 Å². The van der Waals surface area contributed by atoms with Crippen LogP contribution in [0.1, 0.15) is 30.5 Å². The Hall–Kier alpha value is -1.23. The average Bonchev–Trinajstić information content (AvgIpc) is 2.26. The molecule has 1 atom stereocenters. The van der Waals surface area contributed by atoms with Gasteiger partial charge in [0, 0.05) is 6.04 Å². The summed E-state index contributed by atoms with van der Waals surface area (Å²) in [6, 6.07) is 3.23. The maximum absolute atomic E-state index is 12.8. The predicted octanol–water partition coefficient (Wildman–Crippen LogP) is 3.12. The van der Waals surface area contributed by atoms with Crippen molar-refractivity contribution in [2.24, 2.45) is 5.73 Å². The lowest BCUT2D eigenvalue weighted by Gasteiger charge is -2.18. The maximum Gasteiger partial charge on any atom is 0.416 e. The van der Waals surface area contributed by atoms with Crippen LogP contribution in [0.5, 0.6) is 5.75 Å². The summed E-state index contributed by atoms with van der Waals surface area (Å²) in [4.78, 5) is 0. The summed E-state index contributed by atoms with van der Waals surface area (Å²) in [5.41, 5.74) is 5.03. The van der Waals surface area contributed by atoms with Gasteiger partial charge in [-0.3, -0.25) is 0 Å². The fraction of sp³-hybridized carbons (Fsp3) is 0.455. The van der Waals surface area contributed by atoms with Crippen LogP contribution in [-0.2, 0) is 6.18 Å². The van der Waals surface area contributed by atoms with E-state index in [1.54, 1.807) is 6.92 Å². The minimum atomic E-state index is -4.41. The molecule has 0 amide bonds. The molecule has 0 unspecified atom stereocenters. The van der Waals surface area contributed by atoms with Crippen molar-refractivity contribution < 1.29 is 17.9 Å². The topological polar surface area (TPSA) is 35.2 Å². The van der Waals surface area contributed by atoms with E-state index in [-0.39, 0.29) is 11.3 Å². The van der Waals surface area contributed by atoms with Gasteiger partial charge >= 0.3 is 6.18 Å². The van der Waals surface area contributed by atoms with E-state index >= 15 is 0 Å². The summed E-state index contributed by atoms with van der Waals surface area (Å²) in [6.07, 6.45) is -3.95. The summed E-state index contributed by atoms with van der Waals surface area (Å²) in [6.45, 7) is 1.75. The first-order chi connectivity index (χ1) is 7.40. The molecule has 1 rings (SSSR count). The Bertz CT molecular complexity index is 363. The second-order valence-corrected chi connectivity index (χ2v) is 3.47. The summed E-state index contributed by atoms with van der Waals surface area (Å²) in [7, 11) is 1.33. The molecule has 2 nitrogen and oxygen atoms in total. The highest BCUT2D eigenvalue weighted by molar-refractivity contribution is 5.39. The van der Waals surface area contributed by atoms with Crippen molar-refractivity contribution >= 4 is 0 Å². The molecule has 0 radical (unpaired) electrons. The van der Waals surface area contributed by atoms with Gasteiger partial charge in [0.25, 0.3) is 0 Å². The van der Waals surface area contributed by atoms with Gasteiger partial charge in [0.2, 0.25) is 0 Å². The van der Waals surface area contributed by atoms with Crippen molar-refractivity contribution in [3.63, 3.8) is 0 Å². The van der Waals surface area contributed by atoms with Gasteiger partial charge < -0.3 is 10.5 Å². The van der Waals surface area contributed by atoms with Crippen molar-refractivity contribution in [2.45, 2.75) is 25.6 Å². The molecule has 2 N–H and O–H groups in total. The zero-order valence-corrected chi connectivity index (χ0v) is 9.14. The van der Waals surface area contributed by atoms with Gasteiger partial charge in [-0.1, -0.05) is 13.0 Å². The molecule has 0 spiro atoms. The van der Waals surface area contributed by atoms with Crippen LogP contribution in [0, 0.1) is 0 Å². The lowest BCUT2D eigenvalue weighted by atomic mass is 9.98. The largest absolute Gasteiger partial charge is 0.497 e. The third-order valence-electron chi connectivity index (χ3n) is 2.41. The molecule has 0 aromatic heterocycles. The van der Waals surface area contributed by atoms with Crippen LogP contribution in [0.4, 0.5) is 13.2 Å². The van der Waals surface area contributed by atoms with E-state index in [1.165, 1.54) is 19.2 Å². The molecule has 0 fully saturated rings. The fourth-order valence-electron chi connectivity index (χ4n) is 1.45. The number of ether oxygens (including phenoxy) is 1. The third-order valence-corrected chi connectivity index (χ3v) is 2.41. The zero-order chi connectivity index (χ0) is 12.3. The van der Waals surface area contributed by atoms with Crippen LogP contribution in [0.3, 0.4) is 0 Å². The average molecular weight is 233 g/mol. The van der Waals surface area contributed by atoms with Gasteiger partial charge in [0.1, 0.15) is 5.75 Å². The molecule has 0 heterocycles. The van der Waals surface area contributed by atoms with Crippen molar-refractivity contribution in [2.75, 3.05) is 7.11 Å². The van der Waals surface area contributed by atoms with E-state index in [4.69, 9.17) is 10.5 Å². The number of hydrogen-bond donors (Lipinski definition) is 1. The highest BCUT2D eigenvalue weighted by Crippen LogP contribution is 2.36. The molecule has 0 saturated carbocycles. The summed E-state index contributed by atoms with van der Waals surface area (Å²) in [5, 5.41) is 0. The number of nitrogens with two attached hydrogens (primary N) is 1. The van der Waals surface area contributed by atoms with E-state index in [9.17, 15) is 13.2 Å². The van der Waals surface area contributed by atoms with Crippen LogP contribution in [0.25, 0.3) is 0 Å².